The first-order valence-corrected chi connectivity index (χ1v) is 6.17. The van der Waals surface area contributed by atoms with E-state index in [4.69, 9.17) is 14.3 Å². The largest absolute Gasteiger partial charge is 0.439 e. The van der Waals surface area contributed by atoms with Gasteiger partial charge in [-0.15, -0.1) is 0 Å². The van der Waals surface area contributed by atoms with Crippen molar-refractivity contribution in [3.05, 3.63) is 53.7 Å². The molecule has 4 nitrogen and oxygen atoms in total. The van der Waals surface area contributed by atoms with Crippen LogP contribution >= 0.6 is 0 Å². The van der Waals surface area contributed by atoms with Crippen LogP contribution < -0.4 is 4.74 Å². The quantitative estimate of drug-likeness (QED) is 0.865. The molecule has 0 saturated carbocycles. The van der Waals surface area contributed by atoms with Crippen molar-refractivity contribution in [3.63, 3.8) is 0 Å². The first kappa shape index (κ1) is 16.5. The second-order valence-electron chi connectivity index (χ2n) is 4.02. The van der Waals surface area contributed by atoms with Crippen LogP contribution in [-0.2, 0) is 16.0 Å². The van der Waals surface area contributed by atoms with Gasteiger partial charge in [0.2, 0.25) is 5.88 Å². The number of benzene rings is 1. The summed E-state index contributed by atoms with van der Waals surface area (Å²) in [5.41, 5.74) is 1.12. The number of hydrogen-bond acceptors (Lipinski definition) is 4. The van der Waals surface area contributed by atoms with Crippen LogP contribution in [0.15, 0.2) is 36.5 Å². The Bertz CT molecular complexity index is 609. The Morgan fingerprint density at radius 2 is 1.86 bits per heavy atom. The third kappa shape index (κ3) is 5.50. The van der Waals surface area contributed by atoms with Crippen LogP contribution in [0.4, 0.5) is 8.78 Å². The summed E-state index contributed by atoms with van der Waals surface area (Å²) in [5.74, 6) is -1.24. The first-order valence-electron chi connectivity index (χ1n) is 6.17. The van der Waals surface area contributed by atoms with E-state index in [1.807, 2.05) is 6.07 Å². The molecule has 1 aromatic heterocycles. The van der Waals surface area contributed by atoms with Crippen LogP contribution in [0.2, 0.25) is 0 Å². The molecule has 0 spiro atoms. The maximum absolute atomic E-state index is 13.0. The highest BCUT2D eigenvalue weighted by Gasteiger charge is 2.04. The first-order chi connectivity index (χ1) is 10.1. The van der Waals surface area contributed by atoms with Crippen LogP contribution in [0.5, 0.6) is 11.6 Å². The molecule has 0 atom stereocenters. The molecule has 0 saturated heterocycles. The van der Waals surface area contributed by atoms with Crippen LogP contribution in [0, 0.1) is 11.6 Å². The van der Waals surface area contributed by atoms with E-state index < -0.39 is 11.6 Å². The predicted octanol–water partition coefficient (Wildman–Crippen LogP) is 3.52. The topological polar surface area (TPSA) is 56.3 Å². The number of pyridine rings is 1. The van der Waals surface area contributed by atoms with Gasteiger partial charge in [0.05, 0.1) is 0 Å². The maximum atomic E-state index is 13.0. The average molecular weight is 293 g/mol. The summed E-state index contributed by atoms with van der Waals surface area (Å²) in [6, 6.07) is 7.01. The van der Waals surface area contributed by atoms with Gasteiger partial charge in [-0.2, -0.15) is 9.59 Å². The van der Waals surface area contributed by atoms with E-state index in [2.05, 4.69) is 11.9 Å². The van der Waals surface area contributed by atoms with E-state index in [0.29, 0.717) is 5.88 Å². The van der Waals surface area contributed by atoms with Crippen molar-refractivity contribution in [1.29, 1.82) is 0 Å². The number of halogens is 2. The highest BCUT2D eigenvalue weighted by Crippen LogP contribution is 2.21. The smallest absolute Gasteiger partial charge is 0.373 e. The Hall–Kier alpha value is -2.59. The third-order valence-corrected chi connectivity index (χ3v) is 2.45. The van der Waals surface area contributed by atoms with Crippen molar-refractivity contribution in [2.24, 2.45) is 0 Å². The molecule has 6 heteroatoms. The second kappa shape index (κ2) is 8.55. The summed E-state index contributed by atoms with van der Waals surface area (Å²) in [7, 11) is 0. The second-order valence-corrected chi connectivity index (χ2v) is 4.02. The van der Waals surface area contributed by atoms with Gasteiger partial charge in [-0.05, 0) is 24.1 Å². The fraction of sp³-hybridized carbons (Fsp3) is 0.200. The molecule has 1 aromatic carbocycles. The van der Waals surface area contributed by atoms with Gasteiger partial charge in [-0.25, -0.2) is 13.8 Å². The fourth-order valence-corrected chi connectivity index (χ4v) is 1.57. The third-order valence-electron chi connectivity index (χ3n) is 2.45. The minimum Gasteiger partial charge on any atom is -0.439 e. The number of hydrogen-bond donors (Lipinski definition) is 0. The summed E-state index contributed by atoms with van der Waals surface area (Å²) < 4.78 is 31.0. The van der Waals surface area contributed by atoms with E-state index >= 15 is 0 Å². The Balaban J connectivity index is 0.000000677. The summed E-state index contributed by atoms with van der Waals surface area (Å²) in [4.78, 5) is 20.4. The number of carbonyl (C=O) groups excluding carboxylic acids is 2. The summed E-state index contributed by atoms with van der Waals surface area (Å²) in [5, 5.41) is 0. The normalized spacial score (nSPS) is 9.29. The number of ether oxygens (including phenoxy) is 1. The number of aromatic nitrogens is 1. The zero-order valence-electron chi connectivity index (χ0n) is 11.3. The monoisotopic (exact) mass is 293 g/mol. The summed E-state index contributed by atoms with van der Waals surface area (Å²) in [6.45, 7) is 2.09. The lowest BCUT2D eigenvalue weighted by molar-refractivity contribution is -0.191. The van der Waals surface area contributed by atoms with Gasteiger partial charge in [-0.3, -0.25) is 0 Å². The molecule has 0 aliphatic rings. The minimum absolute atomic E-state index is 0.227. The molecule has 0 unspecified atom stereocenters. The molecule has 0 aliphatic heterocycles. The molecule has 2 aromatic rings. The minimum atomic E-state index is -0.935. The van der Waals surface area contributed by atoms with Crippen LogP contribution in [0.25, 0.3) is 0 Å². The lowest BCUT2D eigenvalue weighted by Gasteiger charge is -2.05. The van der Waals surface area contributed by atoms with Crippen molar-refractivity contribution < 1.29 is 23.1 Å². The maximum Gasteiger partial charge on any atom is 0.373 e. The highest BCUT2D eigenvalue weighted by molar-refractivity contribution is 5.28. The Labute approximate surface area is 120 Å². The van der Waals surface area contributed by atoms with Crippen molar-refractivity contribution in [2.45, 2.75) is 19.8 Å². The van der Waals surface area contributed by atoms with Crippen molar-refractivity contribution in [3.8, 4) is 11.6 Å². The molecule has 2 rings (SSSR count). The predicted molar refractivity (Wildman–Crippen MR) is 69.7 cm³/mol. The van der Waals surface area contributed by atoms with Gasteiger partial charge in [0.25, 0.3) is 0 Å². The lowest BCUT2D eigenvalue weighted by Crippen LogP contribution is -1.91. The van der Waals surface area contributed by atoms with E-state index in [9.17, 15) is 8.78 Å². The molecular formula is C15H13F2NO3. The molecule has 0 N–H and O–H groups in total. The number of rotatable bonds is 4. The van der Waals surface area contributed by atoms with Crippen LogP contribution in [0.1, 0.15) is 18.9 Å². The van der Waals surface area contributed by atoms with E-state index in [-0.39, 0.29) is 11.9 Å². The standard InChI is InChI=1S/C14H13F2NO.CO2/c1-2-3-10-4-7-14(17-9-10)18-11-5-6-12(15)13(16)8-11;2-1-3/h4-9H,2-3H2,1H3;. The van der Waals surface area contributed by atoms with Gasteiger partial charge in [-0.1, -0.05) is 19.4 Å². The molecule has 1 heterocycles. The molecule has 0 aliphatic carbocycles. The van der Waals surface area contributed by atoms with E-state index in [0.717, 1.165) is 30.5 Å². The molecule has 0 bridgehead atoms. The zero-order chi connectivity index (χ0) is 15.7. The zero-order valence-corrected chi connectivity index (χ0v) is 11.3. The number of aryl methyl sites for hydroxylation is 1. The van der Waals surface area contributed by atoms with Gasteiger partial charge in [0, 0.05) is 18.3 Å². The molecule has 21 heavy (non-hydrogen) atoms. The summed E-state index contributed by atoms with van der Waals surface area (Å²) in [6.07, 6.45) is 3.97. The van der Waals surface area contributed by atoms with Gasteiger partial charge in [0.1, 0.15) is 5.75 Å². The SMILES string of the molecule is CCCc1ccc(Oc2ccc(F)c(F)c2)nc1.O=C=O. The molecule has 0 radical (unpaired) electrons. The number of nitrogens with zero attached hydrogens (tertiary/aromatic N) is 1. The van der Waals surface area contributed by atoms with Gasteiger partial charge < -0.3 is 4.74 Å². The Morgan fingerprint density at radius 1 is 1.14 bits per heavy atom. The fourth-order valence-electron chi connectivity index (χ4n) is 1.57. The molecule has 110 valence electrons. The van der Waals surface area contributed by atoms with Crippen molar-refractivity contribution in [2.75, 3.05) is 0 Å². The van der Waals surface area contributed by atoms with E-state index in [1.165, 1.54) is 6.07 Å². The lowest BCUT2D eigenvalue weighted by atomic mass is 10.2. The van der Waals surface area contributed by atoms with Gasteiger partial charge in [0.15, 0.2) is 11.6 Å². The molecule has 0 amide bonds. The summed E-state index contributed by atoms with van der Waals surface area (Å²) >= 11 is 0. The average Bonchev–Trinajstić information content (AvgIpc) is 2.46. The molecule has 0 fully saturated rings. The highest BCUT2D eigenvalue weighted by atomic mass is 19.2. The van der Waals surface area contributed by atoms with Crippen molar-refractivity contribution >= 4 is 6.15 Å². The van der Waals surface area contributed by atoms with Crippen LogP contribution in [-0.4, -0.2) is 11.1 Å². The van der Waals surface area contributed by atoms with Gasteiger partial charge >= 0.3 is 6.15 Å². The Morgan fingerprint density at radius 3 is 2.38 bits per heavy atom. The van der Waals surface area contributed by atoms with Crippen molar-refractivity contribution in [1.82, 2.24) is 4.98 Å². The van der Waals surface area contributed by atoms with E-state index in [1.54, 1.807) is 12.3 Å². The molecular weight excluding hydrogens is 280 g/mol. The van der Waals surface area contributed by atoms with Crippen LogP contribution in [0.3, 0.4) is 0 Å². The Kier molecular flexibility index (Phi) is 6.71.